The van der Waals surface area contributed by atoms with Crippen molar-refractivity contribution >= 4 is 0 Å². The van der Waals surface area contributed by atoms with Crippen molar-refractivity contribution in [3.63, 3.8) is 0 Å². The molecule has 154 valence electrons. The average molecular weight is 403 g/mol. The number of nitrogens with zero attached hydrogens (tertiary/aromatic N) is 6. The molecule has 8 nitrogen and oxygen atoms in total. The van der Waals surface area contributed by atoms with Crippen molar-refractivity contribution in [3.8, 4) is 22.5 Å². The topological polar surface area (TPSA) is 111 Å². The van der Waals surface area contributed by atoms with Crippen LogP contribution in [0.5, 0.6) is 0 Å². The van der Waals surface area contributed by atoms with Crippen LogP contribution in [-0.4, -0.2) is 35.4 Å². The number of rotatable bonds is 8. The number of benzene rings is 2. The molecule has 3 N–H and O–H groups in total. The van der Waals surface area contributed by atoms with Crippen LogP contribution in [0.15, 0.2) is 48.5 Å². The van der Waals surface area contributed by atoms with Crippen LogP contribution in [0.3, 0.4) is 0 Å². The number of hydrogen-bond donors (Lipinski definition) is 2. The minimum absolute atomic E-state index is 0.106. The van der Waals surface area contributed by atoms with Crippen molar-refractivity contribution < 1.29 is 0 Å². The van der Waals surface area contributed by atoms with E-state index in [1.807, 2.05) is 22.9 Å². The summed E-state index contributed by atoms with van der Waals surface area (Å²) in [7, 11) is 0. The van der Waals surface area contributed by atoms with Gasteiger partial charge < -0.3 is 5.73 Å². The van der Waals surface area contributed by atoms with Gasteiger partial charge in [-0.25, -0.2) is 14.8 Å². The first-order chi connectivity index (χ1) is 14.7. The average Bonchev–Trinajstić information content (AvgIpc) is 3.45. The zero-order valence-corrected chi connectivity index (χ0v) is 17.3. The molecule has 30 heavy (non-hydrogen) atoms. The van der Waals surface area contributed by atoms with Gasteiger partial charge >= 0.3 is 0 Å². The largest absolute Gasteiger partial charge is 0.321 e. The molecule has 2 aromatic heterocycles. The summed E-state index contributed by atoms with van der Waals surface area (Å²) < 4.78 is 1.97. The number of aromatic nitrogens is 7. The van der Waals surface area contributed by atoms with Gasteiger partial charge in [-0.3, -0.25) is 0 Å². The fourth-order valence-electron chi connectivity index (χ4n) is 3.56. The summed E-state index contributed by atoms with van der Waals surface area (Å²) in [5.41, 5.74) is 10.5. The Bertz CT molecular complexity index is 1080. The molecule has 1 atom stereocenters. The maximum absolute atomic E-state index is 6.22. The lowest BCUT2D eigenvalue weighted by atomic mass is 9.98. The predicted octanol–water partition coefficient (Wildman–Crippen LogP) is 3.54. The summed E-state index contributed by atoms with van der Waals surface area (Å²) in [4.78, 5) is 4.65. The Morgan fingerprint density at radius 3 is 2.47 bits per heavy atom. The zero-order valence-electron chi connectivity index (χ0n) is 17.3. The Morgan fingerprint density at radius 2 is 1.80 bits per heavy atom. The van der Waals surface area contributed by atoms with Crippen LogP contribution in [0.25, 0.3) is 22.5 Å². The minimum atomic E-state index is -0.106. The first-order valence-electron chi connectivity index (χ1n) is 10.3. The number of hydrogen-bond acceptors (Lipinski definition) is 6. The molecule has 0 saturated heterocycles. The number of H-pyrrole nitrogens is 1. The molecule has 4 rings (SSSR count). The van der Waals surface area contributed by atoms with Gasteiger partial charge in [0.05, 0.1) is 12.6 Å². The molecule has 0 aliphatic rings. The predicted molar refractivity (Wildman–Crippen MR) is 115 cm³/mol. The lowest BCUT2D eigenvalue weighted by Gasteiger charge is -2.09. The highest BCUT2D eigenvalue weighted by Gasteiger charge is 2.15. The minimum Gasteiger partial charge on any atom is -0.321 e. The van der Waals surface area contributed by atoms with E-state index in [0.717, 1.165) is 53.2 Å². The highest BCUT2D eigenvalue weighted by Crippen LogP contribution is 2.29. The van der Waals surface area contributed by atoms with E-state index < -0.39 is 0 Å². The maximum Gasteiger partial charge on any atom is 0.180 e. The van der Waals surface area contributed by atoms with Crippen LogP contribution in [-0.2, 0) is 13.0 Å². The number of tetrazole rings is 1. The van der Waals surface area contributed by atoms with Crippen LogP contribution in [0, 0.1) is 0 Å². The summed E-state index contributed by atoms with van der Waals surface area (Å²) in [5, 5.41) is 18.9. The molecule has 0 aliphatic carbocycles. The van der Waals surface area contributed by atoms with E-state index in [1.54, 1.807) is 0 Å². The van der Waals surface area contributed by atoms with Crippen LogP contribution >= 0.6 is 0 Å². The monoisotopic (exact) mass is 402 g/mol. The van der Waals surface area contributed by atoms with Gasteiger partial charge in [-0.05, 0) is 33.5 Å². The lowest BCUT2D eigenvalue weighted by Crippen LogP contribution is -2.12. The van der Waals surface area contributed by atoms with E-state index in [1.165, 1.54) is 0 Å². The van der Waals surface area contributed by atoms with Gasteiger partial charge in [0, 0.05) is 12.0 Å². The van der Waals surface area contributed by atoms with Gasteiger partial charge in [-0.1, -0.05) is 68.8 Å². The molecule has 0 amide bonds. The van der Waals surface area contributed by atoms with Crippen LogP contribution in [0.2, 0.25) is 0 Å². The van der Waals surface area contributed by atoms with Gasteiger partial charge in [0.15, 0.2) is 11.6 Å². The molecule has 1 unspecified atom stereocenters. The molecular weight excluding hydrogens is 376 g/mol. The normalized spacial score (nSPS) is 12.2. The summed E-state index contributed by atoms with van der Waals surface area (Å²) in [6.45, 7) is 4.88. The molecule has 2 heterocycles. The third-order valence-electron chi connectivity index (χ3n) is 5.14. The second-order valence-corrected chi connectivity index (χ2v) is 7.28. The first-order valence-corrected chi connectivity index (χ1v) is 10.3. The number of aromatic amines is 1. The SMILES string of the molecule is CCCC(N)c1nc(CC)n(Cc2ccc(-c3ccccc3-c3nnn[nH]3)cc2)n1. The van der Waals surface area contributed by atoms with Crippen molar-refractivity contribution in [1.29, 1.82) is 0 Å². The molecule has 0 saturated carbocycles. The fourth-order valence-corrected chi connectivity index (χ4v) is 3.56. The van der Waals surface area contributed by atoms with Gasteiger partial charge in [0.1, 0.15) is 5.82 Å². The standard InChI is InChI=1S/C22H26N8/c1-3-7-19(23)22-24-20(4-2)30(27-22)14-15-10-12-16(13-11-15)17-8-5-6-9-18(17)21-25-28-29-26-21/h5-6,8-13,19H,3-4,7,14,23H2,1-2H3,(H,25,26,28,29). The molecule has 8 heteroatoms. The quantitative estimate of drug-likeness (QED) is 0.466. The van der Waals surface area contributed by atoms with E-state index in [4.69, 9.17) is 5.73 Å². The maximum atomic E-state index is 6.22. The molecule has 0 spiro atoms. The summed E-state index contributed by atoms with van der Waals surface area (Å²) in [6.07, 6.45) is 2.73. The third kappa shape index (κ3) is 4.13. The van der Waals surface area contributed by atoms with Gasteiger partial charge in [-0.15, -0.1) is 5.10 Å². The Morgan fingerprint density at radius 1 is 1.03 bits per heavy atom. The molecule has 0 radical (unpaired) electrons. The molecule has 0 bridgehead atoms. The van der Waals surface area contributed by atoms with E-state index in [-0.39, 0.29) is 6.04 Å². The van der Waals surface area contributed by atoms with Crippen molar-refractivity contribution in [2.24, 2.45) is 5.73 Å². The highest BCUT2D eigenvalue weighted by atomic mass is 15.5. The molecule has 4 aromatic rings. The van der Waals surface area contributed by atoms with Crippen LogP contribution in [0.4, 0.5) is 0 Å². The van der Waals surface area contributed by atoms with Gasteiger partial charge in [-0.2, -0.15) is 5.10 Å². The van der Waals surface area contributed by atoms with Gasteiger partial charge in [0.2, 0.25) is 0 Å². The molecular formula is C22H26N8. The Hall–Kier alpha value is -3.39. The number of aryl methyl sites for hydroxylation is 1. The van der Waals surface area contributed by atoms with Crippen molar-refractivity contribution in [3.05, 3.63) is 65.7 Å². The summed E-state index contributed by atoms with van der Waals surface area (Å²) in [5.74, 6) is 2.35. The zero-order chi connectivity index (χ0) is 20.9. The molecule has 0 fully saturated rings. The fraction of sp³-hybridized carbons (Fsp3) is 0.318. The van der Waals surface area contributed by atoms with E-state index in [0.29, 0.717) is 12.4 Å². The number of nitrogens with one attached hydrogen (secondary N) is 1. The second kappa shape index (κ2) is 8.96. The van der Waals surface area contributed by atoms with Crippen LogP contribution in [0.1, 0.15) is 49.9 Å². The van der Waals surface area contributed by atoms with Crippen molar-refractivity contribution in [2.75, 3.05) is 0 Å². The first kappa shape index (κ1) is 19.9. The summed E-state index contributed by atoms with van der Waals surface area (Å²) in [6, 6.07) is 16.4. The Balaban J connectivity index is 1.57. The van der Waals surface area contributed by atoms with Crippen molar-refractivity contribution in [2.45, 2.75) is 45.7 Å². The van der Waals surface area contributed by atoms with E-state index in [9.17, 15) is 0 Å². The van der Waals surface area contributed by atoms with Gasteiger partial charge in [0.25, 0.3) is 0 Å². The lowest BCUT2D eigenvalue weighted by molar-refractivity contribution is 0.581. The van der Waals surface area contributed by atoms with Crippen molar-refractivity contribution in [1.82, 2.24) is 35.4 Å². The highest BCUT2D eigenvalue weighted by molar-refractivity contribution is 5.80. The van der Waals surface area contributed by atoms with E-state index in [2.05, 4.69) is 74.9 Å². The Labute approximate surface area is 175 Å². The number of nitrogens with two attached hydrogens (primary N) is 1. The second-order valence-electron chi connectivity index (χ2n) is 7.28. The Kier molecular flexibility index (Phi) is 5.94. The van der Waals surface area contributed by atoms with E-state index >= 15 is 0 Å². The molecule has 0 aliphatic heterocycles. The third-order valence-corrected chi connectivity index (χ3v) is 5.14. The molecule has 2 aromatic carbocycles. The summed E-state index contributed by atoms with van der Waals surface area (Å²) >= 11 is 0. The van der Waals surface area contributed by atoms with Crippen LogP contribution < -0.4 is 5.73 Å². The smallest absolute Gasteiger partial charge is 0.180 e.